The molecule has 0 amide bonds. The zero-order chi connectivity index (χ0) is 11.4. The molecule has 0 bridgehead atoms. The Morgan fingerprint density at radius 1 is 1.19 bits per heavy atom. The molecule has 2 unspecified atom stereocenters. The molecule has 2 atom stereocenters. The van der Waals surface area contributed by atoms with Gasteiger partial charge in [-0.1, -0.05) is 19.3 Å². The van der Waals surface area contributed by atoms with Gasteiger partial charge in [-0.25, -0.2) is 9.97 Å². The summed E-state index contributed by atoms with van der Waals surface area (Å²) in [6.45, 7) is 0. The Bertz CT molecular complexity index is 353. The van der Waals surface area contributed by atoms with Gasteiger partial charge in [0.15, 0.2) is 0 Å². The number of hydrogen-bond acceptors (Lipinski definition) is 3. The zero-order valence-corrected chi connectivity index (χ0v) is 9.17. The standard InChI is InChI=1S/C12H16N2O2/c15-12(16)11-5-3-1-2-4-10(11)9-6-13-8-14-7-9/h6-8,10-11H,1-5H2,(H,15,16). The monoisotopic (exact) mass is 220 g/mol. The summed E-state index contributed by atoms with van der Waals surface area (Å²) in [5.74, 6) is -0.870. The lowest BCUT2D eigenvalue weighted by molar-refractivity contribution is -0.142. The van der Waals surface area contributed by atoms with Crippen molar-refractivity contribution in [3.63, 3.8) is 0 Å². The highest BCUT2D eigenvalue weighted by molar-refractivity contribution is 5.71. The molecule has 1 heterocycles. The molecule has 1 N–H and O–H groups in total. The minimum Gasteiger partial charge on any atom is -0.481 e. The van der Waals surface area contributed by atoms with E-state index in [1.807, 2.05) is 0 Å². The molecule has 0 spiro atoms. The topological polar surface area (TPSA) is 63.1 Å². The largest absolute Gasteiger partial charge is 0.481 e. The molecule has 1 saturated carbocycles. The zero-order valence-electron chi connectivity index (χ0n) is 9.17. The second kappa shape index (κ2) is 5.05. The van der Waals surface area contributed by atoms with Crippen molar-refractivity contribution in [3.05, 3.63) is 24.3 Å². The Balaban J connectivity index is 2.24. The van der Waals surface area contributed by atoms with Crippen molar-refractivity contribution in [1.29, 1.82) is 0 Å². The maximum atomic E-state index is 11.3. The highest BCUT2D eigenvalue weighted by Gasteiger charge is 2.30. The second-order valence-corrected chi connectivity index (χ2v) is 4.36. The van der Waals surface area contributed by atoms with Crippen LogP contribution in [0, 0.1) is 5.92 Å². The summed E-state index contributed by atoms with van der Waals surface area (Å²) in [5.41, 5.74) is 0.969. The van der Waals surface area contributed by atoms with Gasteiger partial charge in [0.1, 0.15) is 6.33 Å². The van der Waals surface area contributed by atoms with E-state index in [1.54, 1.807) is 12.4 Å². The Labute approximate surface area is 94.7 Å². The predicted molar refractivity (Wildman–Crippen MR) is 59.0 cm³/mol. The normalized spacial score (nSPS) is 26.0. The van der Waals surface area contributed by atoms with Gasteiger partial charge in [0.25, 0.3) is 0 Å². The smallest absolute Gasteiger partial charge is 0.307 e. The third kappa shape index (κ3) is 2.38. The van der Waals surface area contributed by atoms with E-state index in [0.717, 1.165) is 37.7 Å². The summed E-state index contributed by atoms with van der Waals surface area (Å²) >= 11 is 0. The van der Waals surface area contributed by atoms with Crippen LogP contribution in [0.25, 0.3) is 0 Å². The van der Waals surface area contributed by atoms with Crippen molar-refractivity contribution >= 4 is 5.97 Å². The summed E-state index contributed by atoms with van der Waals surface area (Å²) < 4.78 is 0. The fraction of sp³-hybridized carbons (Fsp3) is 0.583. The average molecular weight is 220 g/mol. The van der Waals surface area contributed by atoms with E-state index in [0.29, 0.717) is 0 Å². The number of aromatic nitrogens is 2. The molecule has 0 aromatic carbocycles. The summed E-state index contributed by atoms with van der Waals surface area (Å²) in [6.07, 6.45) is 9.94. The molecular weight excluding hydrogens is 204 g/mol. The lowest BCUT2D eigenvalue weighted by Crippen LogP contribution is -2.21. The van der Waals surface area contributed by atoms with E-state index in [9.17, 15) is 9.90 Å². The van der Waals surface area contributed by atoms with Crippen LogP contribution in [0.5, 0.6) is 0 Å². The molecule has 1 aromatic rings. The van der Waals surface area contributed by atoms with E-state index in [-0.39, 0.29) is 11.8 Å². The van der Waals surface area contributed by atoms with E-state index < -0.39 is 5.97 Å². The highest BCUT2D eigenvalue weighted by Crippen LogP contribution is 2.36. The Hall–Kier alpha value is -1.45. The van der Waals surface area contributed by atoms with Crippen LogP contribution in [-0.4, -0.2) is 21.0 Å². The number of rotatable bonds is 2. The van der Waals surface area contributed by atoms with Crippen LogP contribution in [0.4, 0.5) is 0 Å². The summed E-state index contributed by atoms with van der Waals surface area (Å²) in [7, 11) is 0. The lowest BCUT2D eigenvalue weighted by Gasteiger charge is -2.20. The number of aliphatic carboxylic acids is 1. The minimum atomic E-state index is -0.684. The fourth-order valence-electron chi connectivity index (χ4n) is 2.50. The summed E-state index contributed by atoms with van der Waals surface area (Å²) in [6, 6.07) is 0. The molecule has 4 heteroatoms. The van der Waals surface area contributed by atoms with Crippen molar-refractivity contribution in [2.24, 2.45) is 5.92 Å². The van der Waals surface area contributed by atoms with Gasteiger partial charge in [-0.05, 0) is 18.4 Å². The molecule has 86 valence electrons. The predicted octanol–water partition coefficient (Wildman–Crippen LogP) is 2.23. The second-order valence-electron chi connectivity index (χ2n) is 4.36. The van der Waals surface area contributed by atoms with E-state index in [4.69, 9.17) is 0 Å². The van der Waals surface area contributed by atoms with Gasteiger partial charge in [-0.3, -0.25) is 4.79 Å². The minimum absolute atomic E-state index is 0.0844. The number of carboxylic acid groups (broad SMARTS) is 1. The third-order valence-electron chi connectivity index (χ3n) is 3.34. The summed E-state index contributed by atoms with van der Waals surface area (Å²) in [5, 5.41) is 9.25. The first-order chi connectivity index (χ1) is 7.79. The molecule has 1 fully saturated rings. The molecular formula is C12H16N2O2. The van der Waals surface area contributed by atoms with Gasteiger partial charge in [0.05, 0.1) is 5.92 Å². The average Bonchev–Trinajstić information content (AvgIpc) is 2.55. The molecule has 4 nitrogen and oxygen atoms in total. The molecule has 0 saturated heterocycles. The van der Waals surface area contributed by atoms with Gasteiger partial charge >= 0.3 is 5.97 Å². The molecule has 0 radical (unpaired) electrons. The van der Waals surface area contributed by atoms with E-state index in [1.165, 1.54) is 6.33 Å². The molecule has 2 rings (SSSR count). The first-order valence-corrected chi connectivity index (χ1v) is 5.77. The van der Waals surface area contributed by atoms with Crippen LogP contribution in [0.2, 0.25) is 0 Å². The van der Waals surface area contributed by atoms with Gasteiger partial charge in [0, 0.05) is 18.3 Å². The van der Waals surface area contributed by atoms with Gasteiger partial charge in [-0.15, -0.1) is 0 Å². The SMILES string of the molecule is O=C(O)C1CCCCCC1c1cncnc1. The molecule has 0 aliphatic heterocycles. The van der Waals surface area contributed by atoms with Crippen LogP contribution in [-0.2, 0) is 4.79 Å². The first kappa shape index (κ1) is 11.0. The first-order valence-electron chi connectivity index (χ1n) is 5.77. The van der Waals surface area contributed by atoms with Crippen LogP contribution < -0.4 is 0 Å². The Morgan fingerprint density at radius 2 is 1.88 bits per heavy atom. The molecule has 1 aromatic heterocycles. The Morgan fingerprint density at radius 3 is 2.56 bits per heavy atom. The van der Waals surface area contributed by atoms with E-state index >= 15 is 0 Å². The quantitative estimate of drug-likeness (QED) is 0.776. The maximum Gasteiger partial charge on any atom is 0.307 e. The number of hydrogen-bond donors (Lipinski definition) is 1. The third-order valence-corrected chi connectivity index (χ3v) is 3.34. The summed E-state index contributed by atoms with van der Waals surface area (Å²) in [4.78, 5) is 19.2. The van der Waals surface area contributed by atoms with Crippen LogP contribution in [0.15, 0.2) is 18.7 Å². The lowest BCUT2D eigenvalue weighted by atomic mass is 9.84. The van der Waals surface area contributed by atoms with Crippen LogP contribution in [0.1, 0.15) is 43.6 Å². The van der Waals surface area contributed by atoms with Gasteiger partial charge in [0.2, 0.25) is 0 Å². The Kier molecular flexibility index (Phi) is 3.49. The number of carbonyl (C=O) groups is 1. The maximum absolute atomic E-state index is 11.3. The van der Waals surface area contributed by atoms with Crippen molar-refractivity contribution in [3.8, 4) is 0 Å². The van der Waals surface area contributed by atoms with Crippen molar-refractivity contribution in [2.75, 3.05) is 0 Å². The number of nitrogens with zero attached hydrogens (tertiary/aromatic N) is 2. The molecule has 16 heavy (non-hydrogen) atoms. The molecule has 1 aliphatic carbocycles. The highest BCUT2D eigenvalue weighted by atomic mass is 16.4. The van der Waals surface area contributed by atoms with Crippen molar-refractivity contribution in [1.82, 2.24) is 9.97 Å². The van der Waals surface area contributed by atoms with Crippen LogP contribution in [0.3, 0.4) is 0 Å². The van der Waals surface area contributed by atoms with Crippen molar-refractivity contribution < 1.29 is 9.90 Å². The van der Waals surface area contributed by atoms with Gasteiger partial charge < -0.3 is 5.11 Å². The van der Waals surface area contributed by atoms with Crippen molar-refractivity contribution in [2.45, 2.75) is 38.0 Å². The fourth-order valence-corrected chi connectivity index (χ4v) is 2.50. The number of carboxylic acids is 1. The molecule has 1 aliphatic rings. The van der Waals surface area contributed by atoms with E-state index in [2.05, 4.69) is 9.97 Å². The van der Waals surface area contributed by atoms with Crippen LogP contribution >= 0.6 is 0 Å². The van der Waals surface area contributed by atoms with Gasteiger partial charge in [-0.2, -0.15) is 0 Å².